The Bertz CT molecular complexity index is 788. The zero-order valence-electron chi connectivity index (χ0n) is 16.8. The number of guanidine groups is 1. The third kappa shape index (κ3) is 5.91. The van der Waals surface area contributed by atoms with E-state index in [-0.39, 0.29) is 35.2 Å². The smallest absolute Gasteiger partial charge is 0.191 e. The molecule has 2 aromatic carbocycles. The Labute approximate surface area is 184 Å². The van der Waals surface area contributed by atoms with Gasteiger partial charge < -0.3 is 15.5 Å². The van der Waals surface area contributed by atoms with Crippen LogP contribution < -0.4 is 10.6 Å². The van der Waals surface area contributed by atoms with Crippen LogP contribution in [-0.4, -0.2) is 38.5 Å². The molecule has 0 aliphatic heterocycles. The topological polar surface area (TPSA) is 39.7 Å². The van der Waals surface area contributed by atoms with E-state index in [0.29, 0.717) is 18.7 Å². The predicted molar refractivity (Wildman–Crippen MR) is 125 cm³/mol. The van der Waals surface area contributed by atoms with Gasteiger partial charge in [-0.15, -0.1) is 24.0 Å². The van der Waals surface area contributed by atoms with Crippen LogP contribution in [0.3, 0.4) is 0 Å². The molecular weight excluding hydrogens is 466 g/mol. The van der Waals surface area contributed by atoms with E-state index in [1.807, 2.05) is 31.1 Å². The third-order valence-corrected chi connectivity index (χ3v) is 5.11. The Morgan fingerprint density at radius 2 is 1.82 bits per heavy atom. The number of halogens is 2. The molecule has 6 heteroatoms. The molecule has 0 heterocycles. The van der Waals surface area contributed by atoms with Crippen LogP contribution in [0.25, 0.3) is 0 Å². The fourth-order valence-corrected chi connectivity index (χ4v) is 3.37. The lowest BCUT2D eigenvalue weighted by atomic mass is 9.96. The fraction of sp³-hybridized carbons (Fsp3) is 0.409. The molecule has 1 fully saturated rings. The molecule has 0 saturated heterocycles. The van der Waals surface area contributed by atoms with Crippen molar-refractivity contribution in [1.29, 1.82) is 0 Å². The zero-order chi connectivity index (χ0) is 19.3. The Hall–Kier alpha value is -1.67. The number of hydrogen-bond donors (Lipinski definition) is 2. The summed E-state index contributed by atoms with van der Waals surface area (Å²) in [5, 5.41) is 6.80. The molecule has 4 nitrogen and oxygen atoms in total. The van der Waals surface area contributed by atoms with Crippen molar-refractivity contribution in [2.24, 2.45) is 4.99 Å². The van der Waals surface area contributed by atoms with Gasteiger partial charge >= 0.3 is 0 Å². The maximum Gasteiger partial charge on any atom is 0.191 e. The van der Waals surface area contributed by atoms with Gasteiger partial charge in [-0.1, -0.05) is 36.4 Å². The molecule has 1 aliphatic carbocycles. The minimum absolute atomic E-state index is 0. The molecule has 1 aliphatic rings. The van der Waals surface area contributed by atoms with Gasteiger partial charge in [0, 0.05) is 37.7 Å². The Kier molecular flexibility index (Phi) is 8.24. The lowest BCUT2D eigenvalue weighted by molar-refractivity contribution is 0.392. The van der Waals surface area contributed by atoms with Crippen molar-refractivity contribution in [3.63, 3.8) is 0 Å². The Morgan fingerprint density at radius 1 is 1.11 bits per heavy atom. The van der Waals surface area contributed by atoms with Crippen LogP contribution in [0.1, 0.15) is 29.5 Å². The summed E-state index contributed by atoms with van der Waals surface area (Å²) in [5.41, 5.74) is 3.37. The summed E-state index contributed by atoms with van der Waals surface area (Å²) in [6.45, 7) is 2.07. The molecule has 3 rings (SSSR count). The third-order valence-electron chi connectivity index (χ3n) is 5.11. The molecule has 0 amide bonds. The van der Waals surface area contributed by atoms with Crippen LogP contribution >= 0.6 is 24.0 Å². The van der Waals surface area contributed by atoms with E-state index in [0.717, 1.165) is 18.1 Å². The molecule has 0 radical (unpaired) electrons. The van der Waals surface area contributed by atoms with Crippen molar-refractivity contribution < 1.29 is 4.39 Å². The van der Waals surface area contributed by atoms with Crippen molar-refractivity contribution >= 4 is 29.9 Å². The highest BCUT2D eigenvalue weighted by Gasteiger charge is 2.43. The summed E-state index contributed by atoms with van der Waals surface area (Å²) in [6, 6.07) is 15.9. The number of rotatable bonds is 7. The second-order valence-electron chi connectivity index (χ2n) is 7.59. The largest absolute Gasteiger partial charge is 0.356 e. The van der Waals surface area contributed by atoms with Gasteiger partial charge in [0.25, 0.3) is 0 Å². The normalized spacial score (nSPS) is 15.1. The minimum atomic E-state index is -0.159. The molecule has 2 aromatic rings. The van der Waals surface area contributed by atoms with Gasteiger partial charge in [0.15, 0.2) is 5.96 Å². The van der Waals surface area contributed by atoms with E-state index < -0.39 is 0 Å². The molecule has 28 heavy (non-hydrogen) atoms. The van der Waals surface area contributed by atoms with Crippen molar-refractivity contribution in [3.05, 3.63) is 71.0 Å². The first-order valence-corrected chi connectivity index (χ1v) is 9.44. The van der Waals surface area contributed by atoms with Crippen LogP contribution in [0.15, 0.2) is 53.5 Å². The fourth-order valence-electron chi connectivity index (χ4n) is 3.37. The van der Waals surface area contributed by atoms with Gasteiger partial charge in [-0.2, -0.15) is 0 Å². The van der Waals surface area contributed by atoms with E-state index in [1.165, 1.54) is 18.4 Å². The monoisotopic (exact) mass is 496 g/mol. The van der Waals surface area contributed by atoms with Gasteiger partial charge in [-0.05, 0) is 50.2 Å². The first-order valence-electron chi connectivity index (χ1n) is 9.44. The lowest BCUT2D eigenvalue weighted by Gasteiger charge is -2.19. The summed E-state index contributed by atoms with van der Waals surface area (Å²) < 4.78 is 13.9. The second kappa shape index (κ2) is 10.2. The standard InChI is InChI=1S/C22H29FN4.HI/c1-24-21(26-16-22(11-12-22)19-7-5-4-6-8-19)25-14-17-9-10-20(23)18(13-17)15-27(2)3;/h4-10,13H,11-12,14-16H2,1-3H3,(H2,24,25,26);1H. The molecule has 0 aromatic heterocycles. The van der Waals surface area contributed by atoms with Crippen LogP contribution in [0.4, 0.5) is 4.39 Å². The molecule has 0 atom stereocenters. The maximum atomic E-state index is 13.9. The van der Waals surface area contributed by atoms with Crippen molar-refractivity contribution in [2.45, 2.75) is 31.3 Å². The highest BCUT2D eigenvalue weighted by atomic mass is 127. The molecule has 152 valence electrons. The lowest BCUT2D eigenvalue weighted by Crippen LogP contribution is -2.40. The van der Waals surface area contributed by atoms with Gasteiger partial charge in [0.1, 0.15) is 5.82 Å². The number of aliphatic imine (C=N–C) groups is 1. The SMILES string of the molecule is CN=C(NCc1ccc(F)c(CN(C)C)c1)NCC1(c2ccccc2)CC1.I. The average Bonchev–Trinajstić information content (AvgIpc) is 3.46. The molecule has 0 unspecified atom stereocenters. The van der Waals surface area contributed by atoms with Crippen molar-refractivity contribution in [1.82, 2.24) is 15.5 Å². The molecule has 2 N–H and O–H groups in total. The Balaban J connectivity index is 0.00000280. The summed E-state index contributed by atoms with van der Waals surface area (Å²) in [5.74, 6) is 0.615. The van der Waals surface area contributed by atoms with E-state index in [9.17, 15) is 4.39 Å². The van der Waals surface area contributed by atoms with Gasteiger partial charge in [0.05, 0.1) is 0 Å². The van der Waals surface area contributed by atoms with Crippen LogP contribution in [0, 0.1) is 5.82 Å². The number of nitrogens with zero attached hydrogens (tertiary/aromatic N) is 2. The van der Waals surface area contributed by atoms with E-state index in [2.05, 4.69) is 46.0 Å². The molecular formula is C22H30FIN4. The van der Waals surface area contributed by atoms with Gasteiger partial charge in [0.2, 0.25) is 0 Å². The quantitative estimate of drug-likeness (QED) is 0.347. The number of nitrogens with one attached hydrogen (secondary N) is 2. The van der Waals surface area contributed by atoms with Gasteiger partial charge in [-0.25, -0.2) is 4.39 Å². The number of hydrogen-bond acceptors (Lipinski definition) is 2. The first kappa shape index (κ1) is 22.6. The molecule has 1 saturated carbocycles. The summed E-state index contributed by atoms with van der Waals surface area (Å²) in [7, 11) is 5.66. The van der Waals surface area contributed by atoms with Crippen LogP contribution in [0.5, 0.6) is 0 Å². The van der Waals surface area contributed by atoms with E-state index in [4.69, 9.17) is 0 Å². The predicted octanol–water partition coefficient (Wildman–Crippen LogP) is 3.90. The van der Waals surface area contributed by atoms with Crippen LogP contribution in [-0.2, 0) is 18.5 Å². The zero-order valence-corrected chi connectivity index (χ0v) is 19.2. The van der Waals surface area contributed by atoms with Crippen LogP contribution in [0.2, 0.25) is 0 Å². The Morgan fingerprint density at radius 3 is 2.43 bits per heavy atom. The van der Waals surface area contributed by atoms with E-state index in [1.54, 1.807) is 13.1 Å². The van der Waals surface area contributed by atoms with Crippen molar-refractivity contribution in [3.8, 4) is 0 Å². The summed E-state index contributed by atoms with van der Waals surface area (Å²) >= 11 is 0. The van der Waals surface area contributed by atoms with Gasteiger partial charge in [-0.3, -0.25) is 4.99 Å². The van der Waals surface area contributed by atoms with E-state index >= 15 is 0 Å². The highest BCUT2D eigenvalue weighted by molar-refractivity contribution is 14.0. The average molecular weight is 496 g/mol. The maximum absolute atomic E-state index is 13.9. The minimum Gasteiger partial charge on any atom is -0.356 e. The second-order valence-corrected chi connectivity index (χ2v) is 7.59. The molecule has 0 bridgehead atoms. The van der Waals surface area contributed by atoms with Crippen molar-refractivity contribution in [2.75, 3.05) is 27.7 Å². The summed E-state index contributed by atoms with van der Waals surface area (Å²) in [4.78, 5) is 6.30. The number of benzene rings is 2. The first-order chi connectivity index (χ1) is 13.0. The highest BCUT2D eigenvalue weighted by Crippen LogP contribution is 2.47. The summed E-state index contributed by atoms with van der Waals surface area (Å²) in [6.07, 6.45) is 2.40. The molecule has 0 spiro atoms.